The molecule has 0 aliphatic carbocycles. The third-order valence-corrected chi connectivity index (χ3v) is 2.77. The van der Waals surface area contributed by atoms with Crippen molar-refractivity contribution in [3.63, 3.8) is 0 Å². The molecule has 0 saturated carbocycles. The Morgan fingerprint density at radius 1 is 0.882 bits per heavy atom. The van der Waals surface area contributed by atoms with Gasteiger partial charge in [0.1, 0.15) is 0 Å². The highest BCUT2D eigenvalue weighted by Gasteiger charge is 2.07. The number of fused-ring (bicyclic) bond motifs is 2. The van der Waals surface area contributed by atoms with Gasteiger partial charge in [-0.2, -0.15) is 5.26 Å². The fourth-order valence-corrected chi connectivity index (χ4v) is 2.03. The van der Waals surface area contributed by atoms with E-state index in [4.69, 9.17) is 5.26 Å². The maximum absolute atomic E-state index is 8.86. The Hall–Kier alpha value is -2.60. The van der Waals surface area contributed by atoms with Crippen molar-refractivity contribution < 1.29 is 0 Å². The molecular formula is C14H9N3. The number of aromatic nitrogens is 1. The van der Waals surface area contributed by atoms with Crippen molar-refractivity contribution in [2.24, 2.45) is 0 Å². The number of hydrogen-bond acceptors (Lipinski definition) is 3. The van der Waals surface area contributed by atoms with Crippen molar-refractivity contribution in [1.29, 1.82) is 5.26 Å². The molecule has 0 aliphatic rings. The van der Waals surface area contributed by atoms with Crippen molar-refractivity contribution in [1.82, 2.24) is 4.98 Å². The molecule has 0 amide bonds. The summed E-state index contributed by atoms with van der Waals surface area (Å²) in [7, 11) is 0. The molecule has 1 aromatic heterocycles. The van der Waals surface area contributed by atoms with Crippen LogP contribution in [0.1, 0.15) is 0 Å². The van der Waals surface area contributed by atoms with Gasteiger partial charge in [-0.3, -0.25) is 5.32 Å². The van der Waals surface area contributed by atoms with Gasteiger partial charge < -0.3 is 0 Å². The minimum absolute atomic E-state index is 0.828. The lowest BCUT2D eigenvalue weighted by Crippen LogP contribution is -1.93. The van der Waals surface area contributed by atoms with Gasteiger partial charge in [-0.1, -0.05) is 36.4 Å². The number of hydrogen-bond donors (Lipinski definition) is 1. The van der Waals surface area contributed by atoms with Gasteiger partial charge >= 0.3 is 0 Å². The van der Waals surface area contributed by atoms with E-state index < -0.39 is 0 Å². The number of nitrogens with one attached hydrogen (secondary N) is 1. The smallest absolute Gasteiger partial charge is 0.181 e. The fourth-order valence-electron chi connectivity index (χ4n) is 2.03. The molecule has 1 N–H and O–H groups in total. The molecule has 0 unspecified atom stereocenters. The zero-order chi connectivity index (χ0) is 11.7. The molecule has 3 aromatic rings. The van der Waals surface area contributed by atoms with Crippen LogP contribution >= 0.6 is 0 Å². The summed E-state index contributed by atoms with van der Waals surface area (Å²) in [6, 6.07) is 15.6. The second kappa shape index (κ2) is 3.76. The molecule has 3 rings (SSSR count). The number of nitriles is 1. The van der Waals surface area contributed by atoms with Gasteiger partial charge in [0.05, 0.1) is 16.7 Å². The summed E-state index contributed by atoms with van der Waals surface area (Å²) in [5.41, 5.74) is 2.61. The first-order chi connectivity index (χ1) is 8.40. The highest BCUT2D eigenvalue weighted by atomic mass is 14.9. The zero-order valence-corrected chi connectivity index (χ0v) is 9.01. The average Bonchev–Trinajstić information content (AvgIpc) is 2.39. The first-order valence-corrected chi connectivity index (χ1v) is 5.33. The van der Waals surface area contributed by atoms with Crippen molar-refractivity contribution in [3.8, 4) is 6.19 Å². The standard InChI is InChI=1S/C14H9N3/c15-9-16-14-10-5-1-3-7-12(10)17-13-8-4-2-6-11(13)14/h1-8H,(H,16,17). The topological polar surface area (TPSA) is 48.7 Å². The Morgan fingerprint density at radius 2 is 1.41 bits per heavy atom. The molecule has 80 valence electrons. The van der Waals surface area contributed by atoms with Crippen LogP contribution in [0.2, 0.25) is 0 Å². The monoisotopic (exact) mass is 219 g/mol. The molecular weight excluding hydrogens is 210 g/mol. The number of nitrogens with zero attached hydrogens (tertiary/aromatic N) is 2. The summed E-state index contributed by atoms with van der Waals surface area (Å²) in [6.07, 6.45) is 1.99. The average molecular weight is 219 g/mol. The van der Waals surface area contributed by atoms with Crippen LogP contribution in [-0.2, 0) is 0 Å². The molecule has 0 spiro atoms. The van der Waals surface area contributed by atoms with Crippen LogP contribution in [0.3, 0.4) is 0 Å². The van der Waals surface area contributed by atoms with Crippen LogP contribution in [0.5, 0.6) is 0 Å². The Balaban J connectivity index is 2.52. The molecule has 0 saturated heterocycles. The van der Waals surface area contributed by atoms with Gasteiger partial charge in [-0.05, 0) is 12.1 Å². The molecule has 0 fully saturated rings. The number of pyridine rings is 1. The van der Waals surface area contributed by atoms with Crippen LogP contribution in [0, 0.1) is 11.5 Å². The lowest BCUT2D eigenvalue weighted by atomic mass is 10.1. The molecule has 0 atom stereocenters. The van der Waals surface area contributed by atoms with E-state index in [-0.39, 0.29) is 0 Å². The molecule has 3 heteroatoms. The summed E-state index contributed by atoms with van der Waals surface area (Å²) in [6.45, 7) is 0. The number of rotatable bonds is 1. The fraction of sp³-hybridized carbons (Fsp3) is 0. The SMILES string of the molecule is N#CNc1c2ccccc2nc2ccccc12. The number of para-hydroxylation sites is 2. The number of anilines is 1. The predicted octanol–water partition coefficient (Wildman–Crippen LogP) is 3.28. The number of benzene rings is 2. The van der Waals surface area contributed by atoms with Gasteiger partial charge in [-0.25, -0.2) is 4.98 Å². The van der Waals surface area contributed by atoms with E-state index in [1.807, 2.05) is 54.7 Å². The van der Waals surface area contributed by atoms with Crippen molar-refractivity contribution >= 4 is 27.5 Å². The van der Waals surface area contributed by atoms with Crippen molar-refractivity contribution in [2.75, 3.05) is 5.32 Å². The lowest BCUT2D eigenvalue weighted by Gasteiger charge is -2.08. The van der Waals surface area contributed by atoms with Gasteiger partial charge in [0.15, 0.2) is 6.19 Å². The van der Waals surface area contributed by atoms with E-state index in [0.717, 1.165) is 27.5 Å². The Labute approximate surface area is 98.3 Å². The Morgan fingerprint density at radius 3 is 1.94 bits per heavy atom. The highest BCUT2D eigenvalue weighted by Crippen LogP contribution is 2.29. The minimum Gasteiger partial charge on any atom is -0.291 e. The van der Waals surface area contributed by atoms with Crippen molar-refractivity contribution in [3.05, 3.63) is 48.5 Å². The third-order valence-electron chi connectivity index (χ3n) is 2.77. The van der Waals surface area contributed by atoms with Gasteiger partial charge in [0.25, 0.3) is 0 Å². The summed E-state index contributed by atoms with van der Waals surface area (Å²) in [5, 5.41) is 13.5. The van der Waals surface area contributed by atoms with Gasteiger partial charge in [-0.15, -0.1) is 0 Å². The van der Waals surface area contributed by atoms with E-state index >= 15 is 0 Å². The summed E-state index contributed by atoms with van der Waals surface area (Å²) in [5.74, 6) is 0. The third kappa shape index (κ3) is 1.47. The van der Waals surface area contributed by atoms with Gasteiger partial charge in [0, 0.05) is 10.8 Å². The highest BCUT2D eigenvalue weighted by molar-refractivity contribution is 6.07. The molecule has 0 aliphatic heterocycles. The van der Waals surface area contributed by atoms with E-state index in [1.54, 1.807) is 0 Å². The zero-order valence-electron chi connectivity index (χ0n) is 9.01. The maximum atomic E-state index is 8.86. The second-order valence-electron chi connectivity index (χ2n) is 3.76. The minimum atomic E-state index is 0.828. The van der Waals surface area contributed by atoms with Crippen LogP contribution < -0.4 is 5.32 Å². The van der Waals surface area contributed by atoms with E-state index in [2.05, 4.69) is 10.3 Å². The summed E-state index contributed by atoms with van der Waals surface area (Å²) < 4.78 is 0. The van der Waals surface area contributed by atoms with Crippen LogP contribution in [-0.4, -0.2) is 4.98 Å². The normalized spacial score (nSPS) is 10.3. The molecule has 17 heavy (non-hydrogen) atoms. The summed E-state index contributed by atoms with van der Waals surface area (Å²) in [4.78, 5) is 4.57. The van der Waals surface area contributed by atoms with Crippen LogP contribution in [0.25, 0.3) is 21.8 Å². The lowest BCUT2D eigenvalue weighted by molar-refractivity contribution is 1.46. The quantitative estimate of drug-likeness (QED) is 0.388. The predicted molar refractivity (Wildman–Crippen MR) is 68.5 cm³/mol. The Bertz CT molecular complexity index is 687. The Kier molecular flexibility index (Phi) is 2.13. The first-order valence-electron chi connectivity index (χ1n) is 5.33. The van der Waals surface area contributed by atoms with Gasteiger partial charge in [0.2, 0.25) is 0 Å². The first kappa shape index (κ1) is 9.61. The van der Waals surface area contributed by atoms with E-state index in [0.29, 0.717) is 0 Å². The second-order valence-corrected chi connectivity index (χ2v) is 3.76. The van der Waals surface area contributed by atoms with Crippen molar-refractivity contribution in [2.45, 2.75) is 0 Å². The summed E-state index contributed by atoms with van der Waals surface area (Å²) >= 11 is 0. The van der Waals surface area contributed by atoms with Crippen LogP contribution in [0.4, 0.5) is 5.69 Å². The van der Waals surface area contributed by atoms with E-state index in [1.165, 1.54) is 0 Å². The molecule has 3 nitrogen and oxygen atoms in total. The molecule has 1 heterocycles. The maximum Gasteiger partial charge on any atom is 0.181 e. The van der Waals surface area contributed by atoms with E-state index in [9.17, 15) is 0 Å². The molecule has 0 radical (unpaired) electrons. The van der Waals surface area contributed by atoms with Crippen LogP contribution in [0.15, 0.2) is 48.5 Å². The molecule has 0 bridgehead atoms. The molecule has 2 aromatic carbocycles. The largest absolute Gasteiger partial charge is 0.291 e.